The molecule has 11 heteroatoms. The Bertz CT molecular complexity index is 1360. The van der Waals surface area contributed by atoms with E-state index >= 15 is 4.39 Å². The van der Waals surface area contributed by atoms with Crippen LogP contribution in [0.5, 0.6) is 0 Å². The van der Waals surface area contributed by atoms with Gasteiger partial charge in [-0.05, 0) is 55.8 Å². The number of aromatic nitrogens is 2. The maximum absolute atomic E-state index is 15.1. The number of hydrogen-bond donors (Lipinski definition) is 2. The van der Waals surface area contributed by atoms with Crippen molar-refractivity contribution in [3.05, 3.63) is 59.5 Å². The summed E-state index contributed by atoms with van der Waals surface area (Å²) in [5.41, 5.74) is 3.71. The third-order valence-corrected chi connectivity index (χ3v) is 6.76. The van der Waals surface area contributed by atoms with Crippen LogP contribution in [0, 0.1) is 12.7 Å². The summed E-state index contributed by atoms with van der Waals surface area (Å²) >= 11 is 0. The number of carbonyl (C=O) groups is 2. The first-order valence-corrected chi connectivity index (χ1v) is 13.0. The van der Waals surface area contributed by atoms with Gasteiger partial charge in [0.05, 0.1) is 25.5 Å². The average Bonchev–Trinajstić information content (AvgIpc) is 2.95. The summed E-state index contributed by atoms with van der Waals surface area (Å²) in [4.78, 5) is 37.8. The van der Waals surface area contributed by atoms with Crippen LogP contribution < -0.4 is 20.4 Å². The van der Waals surface area contributed by atoms with Crippen LogP contribution in [0.3, 0.4) is 0 Å². The molecule has 204 valence electrons. The van der Waals surface area contributed by atoms with Crippen molar-refractivity contribution in [1.29, 1.82) is 0 Å². The number of carbonyl (C=O) groups excluding carboxylic acids is 2. The van der Waals surface area contributed by atoms with Gasteiger partial charge in [0.25, 0.3) is 5.91 Å². The normalized spacial score (nSPS) is 15.8. The summed E-state index contributed by atoms with van der Waals surface area (Å²) in [5, 5.41) is 5.23. The average molecular weight is 535 g/mol. The Labute approximate surface area is 226 Å². The first-order valence-electron chi connectivity index (χ1n) is 13.0. The minimum absolute atomic E-state index is 0.0306. The van der Waals surface area contributed by atoms with Gasteiger partial charge in [-0.3, -0.25) is 4.79 Å². The summed E-state index contributed by atoms with van der Waals surface area (Å²) in [7, 11) is 0. The lowest BCUT2D eigenvalue weighted by atomic mass is 10.1. The molecule has 0 spiro atoms. The summed E-state index contributed by atoms with van der Waals surface area (Å²) in [6.07, 6.45) is 0.727. The van der Waals surface area contributed by atoms with Gasteiger partial charge < -0.3 is 29.9 Å². The van der Waals surface area contributed by atoms with E-state index in [0.29, 0.717) is 43.4 Å². The highest BCUT2D eigenvalue weighted by Gasteiger charge is 2.21. The predicted molar refractivity (Wildman–Crippen MR) is 147 cm³/mol. The van der Waals surface area contributed by atoms with Crippen LogP contribution in [0.4, 0.5) is 32.1 Å². The molecule has 2 aliphatic heterocycles. The number of urea groups is 1. The van der Waals surface area contributed by atoms with Crippen molar-refractivity contribution in [3.8, 4) is 11.4 Å². The van der Waals surface area contributed by atoms with E-state index in [1.54, 1.807) is 35.2 Å². The number of aryl methyl sites for hydroxylation is 1. The molecule has 0 bridgehead atoms. The van der Waals surface area contributed by atoms with Gasteiger partial charge in [0.15, 0.2) is 5.82 Å². The number of halogens is 1. The number of amides is 3. The van der Waals surface area contributed by atoms with Crippen molar-refractivity contribution in [2.75, 3.05) is 66.5 Å². The van der Waals surface area contributed by atoms with Crippen LogP contribution in [-0.2, 0) is 20.7 Å². The van der Waals surface area contributed by atoms with Crippen molar-refractivity contribution >= 4 is 34.8 Å². The molecule has 1 aromatic heterocycles. The monoisotopic (exact) mass is 534 g/mol. The highest BCUT2D eigenvalue weighted by Crippen LogP contribution is 2.28. The third kappa shape index (κ3) is 5.99. The summed E-state index contributed by atoms with van der Waals surface area (Å²) < 4.78 is 25.7. The Hall–Kier alpha value is -4.09. The zero-order valence-corrected chi connectivity index (χ0v) is 22.0. The maximum atomic E-state index is 15.1. The van der Waals surface area contributed by atoms with Gasteiger partial charge in [-0.2, -0.15) is 0 Å². The second kappa shape index (κ2) is 11.7. The first-order chi connectivity index (χ1) is 18.9. The van der Waals surface area contributed by atoms with Gasteiger partial charge in [-0.25, -0.2) is 19.2 Å². The lowest BCUT2D eigenvalue weighted by Gasteiger charge is -2.29. The predicted octanol–water partition coefficient (Wildman–Crippen LogP) is 4.00. The van der Waals surface area contributed by atoms with Crippen LogP contribution in [0.15, 0.2) is 42.5 Å². The fourth-order valence-electron chi connectivity index (χ4n) is 4.66. The number of benzene rings is 2. The fraction of sp³-hybridized carbons (Fsp3) is 0.357. The minimum atomic E-state index is -0.598. The lowest BCUT2D eigenvalue weighted by Crippen LogP contribution is -2.41. The van der Waals surface area contributed by atoms with Crippen LogP contribution in [0.1, 0.15) is 18.2 Å². The smallest absolute Gasteiger partial charge is 0.323 e. The molecule has 5 rings (SSSR count). The Morgan fingerprint density at radius 3 is 2.44 bits per heavy atom. The van der Waals surface area contributed by atoms with E-state index < -0.39 is 11.8 Å². The topological polar surface area (TPSA) is 109 Å². The van der Waals surface area contributed by atoms with Gasteiger partial charge >= 0.3 is 6.03 Å². The summed E-state index contributed by atoms with van der Waals surface area (Å²) in [6, 6.07) is 10.8. The Morgan fingerprint density at radius 1 is 1.00 bits per heavy atom. The van der Waals surface area contributed by atoms with Crippen LogP contribution in [0.2, 0.25) is 0 Å². The molecule has 2 N–H and O–H groups in total. The van der Waals surface area contributed by atoms with Gasteiger partial charge in [-0.15, -0.1) is 0 Å². The number of rotatable bonds is 6. The zero-order chi connectivity index (χ0) is 27.4. The van der Waals surface area contributed by atoms with Crippen molar-refractivity contribution in [2.24, 2.45) is 0 Å². The molecule has 3 aromatic rings. The molecule has 2 aromatic carbocycles. The number of ether oxygens (including phenoxy) is 2. The lowest BCUT2D eigenvalue weighted by molar-refractivity contribution is -0.125. The Morgan fingerprint density at radius 2 is 1.74 bits per heavy atom. The number of nitrogens with zero attached hydrogens (tertiary/aromatic N) is 4. The van der Waals surface area contributed by atoms with Gasteiger partial charge in [0.1, 0.15) is 18.2 Å². The second-order valence-electron chi connectivity index (χ2n) is 9.31. The zero-order valence-electron chi connectivity index (χ0n) is 22.0. The molecular formula is C28H31FN6O4. The Kier molecular flexibility index (Phi) is 7.99. The highest BCUT2D eigenvalue weighted by atomic mass is 19.1. The molecule has 0 radical (unpaired) electrons. The van der Waals surface area contributed by atoms with E-state index in [1.165, 1.54) is 12.1 Å². The number of nitrogens with one attached hydrogen (secondary N) is 2. The molecule has 39 heavy (non-hydrogen) atoms. The van der Waals surface area contributed by atoms with Crippen molar-refractivity contribution < 1.29 is 23.5 Å². The molecule has 10 nitrogen and oxygen atoms in total. The molecule has 3 amide bonds. The standard InChI is InChI=1S/C28H31FN6O4/c1-3-23-18(2)27(34-10-13-38-14-11-34)33-26(31-23)19-4-9-24(22(29)16-19)32-28(37)30-20-5-7-21(8-6-20)35-12-15-39-17-25(35)36/h4-9,16H,3,10-15,17H2,1-2H3,(H2,30,32,37). The fourth-order valence-corrected chi connectivity index (χ4v) is 4.66. The minimum Gasteiger partial charge on any atom is -0.378 e. The Balaban J connectivity index is 1.28. The summed E-state index contributed by atoms with van der Waals surface area (Å²) in [6.45, 7) is 7.79. The first kappa shape index (κ1) is 26.5. The molecule has 0 atom stereocenters. The summed E-state index contributed by atoms with van der Waals surface area (Å²) in [5.74, 6) is 0.565. The van der Waals surface area contributed by atoms with Gasteiger partial charge in [0, 0.05) is 47.8 Å². The molecular weight excluding hydrogens is 503 g/mol. The van der Waals surface area contributed by atoms with E-state index in [0.717, 1.165) is 42.3 Å². The number of hydrogen-bond acceptors (Lipinski definition) is 7. The van der Waals surface area contributed by atoms with E-state index in [9.17, 15) is 9.59 Å². The van der Waals surface area contributed by atoms with Crippen LogP contribution in [0.25, 0.3) is 11.4 Å². The van der Waals surface area contributed by atoms with Crippen molar-refractivity contribution in [2.45, 2.75) is 20.3 Å². The van der Waals surface area contributed by atoms with E-state index in [2.05, 4.69) is 20.5 Å². The second-order valence-corrected chi connectivity index (χ2v) is 9.31. The molecule has 0 aliphatic carbocycles. The van der Waals surface area contributed by atoms with Gasteiger partial charge in [-0.1, -0.05) is 6.92 Å². The third-order valence-electron chi connectivity index (χ3n) is 6.76. The molecule has 2 saturated heterocycles. The molecule has 2 fully saturated rings. The largest absolute Gasteiger partial charge is 0.378 e. The van der Waals surface area contributed by atoms with Crippen molar-refractivity contribution in [1.82, 2.24) is 9.97 Å². The number of morpholine rings is 2. The van der Waals surface area contributed by atoms with E-state index in [-0.39, 0.29) is 18.2 Å². The van der Waals surface area contributed by atoms with Crippen LogP contribution >= 0.6 is 0 Å². The highest BCUT2D eigenvalue weighted by molar-refractivity contribution is 6.00. The van der Waals surface area contributed by atoms with Crippen LogP contribution in [-0.4, -0.2) is 68.0 Å². The SMILES string of the molecule is CCc1nc(-c2ccc(NC(=O)Nc3ccc(N4CCOCC4=O)cc3)c(F)c2)nc(N2CCOCC2)c1C. The van der Waals surface area contributed by atoms with Gasteiger partial charge in [0.2, 0.25) is 0 Å². The molecule has 2 aliphatic rings. The quantitative estimate of drug-likeness (QED) is 0.492. The van der Waals surface area contributed by atoms with E-state index in [4.69, 9.17) is 14.5 Å². The van der Waals surface area contributed by atoms with E-state index in [1.807, 2.05) is 13.8 Å². The molecule has 0 unspecified atom stereocenters. The number of anilines is 4. The maximum Gasteiger partial charge on any atom is 0.323 e. The van der Waals surface area contributed by atoms with Crippen molar-refractivity contribution in [3.63, 3.8) is 0 Å². The molecule has 0 saturated carbocycles. The molecule has 3 heterocycles.